The minimum atomic E-state index is 0.698. The molecule has 0 aromatic heterocycles. The third-order valence-corrected chi connectivity index (χ3v) is 3.47. The summed E-state index contributed by atoms with van der Waals surface area (Å²) in [4.78, 5) is 2.04. The number of hydrogen-bond acceptors (Lipinski definition) is 3. The number of nitrogens with zero attached hydrogens (tertiary/aromatic N) is 1. The molecule has 3 heteroatoms. The molecular formula is C18H24N2O. The number of ether oxygens (including phenoxy) is 1. The van der Waals surface area contributed by atoms with E-state index in [0.717, 1.165) is 30.7 Å². The van der Waals surface area contributed by atoms with Crippen LogP contribution in [0.3, 0.4) is 0 Å². The van der Waals surface area contributed by atoms with E-state index in [1.807, 2.05) is 43.3 Å². The topological polar surface area (TPSA) is 38.5 Å². The highest BCUT2D eigenvalue weighted by molar-refractivity contribution is 5.61. The molecule has 0 aliphatic rings. The molecule has 0 aliphatic carbocycles. The number of hydrogen-bond donors (Lipinski definition) is 1. The van der Waals surface area contributed by atoms with Crippen LogP contribution in [0.15, 0.2) is 48.5 Å². The van der Waals surface area contributed by atoms with Gasteiger partial charge in [0.25, 0.3) is 0 Å². The van der Waals surface area contributed by atoms with E-state index >= 15 is 0 Å². The molecule has 2 N–H and O–H groups in total. The molecule has 0 saturated carbocycles. The predicted molar refractivity (Wildman–Crippen MR) is 90.1 cm³/mol. The Morgan fingerprint density at radius 2 is 1.76 bits per heavy atom. The van der Waals surface area contributed by atoms with Gasteiger partial charge in [0.1, 0.15) is 5.75 Å². The summed E-state index contributed by atoms with van der Waals surface area (Å²) in [6.07, 6.45) is 3.25. The van der Waals surface area contributed by atoms with Gasteiger partial charge in [0.2, 0.25) is 0 Å². The van der Waals surface area contributed by atoms with E-state index in [9.17, 15) is 0 Å². The highest BCUT2D eigenvalue weighted by Gasteiger charge is 2.03. The lowest BCUT2D eigenvalue weighted by Crippen LogP contribution is -2.09. The molecule has 0 amide bonds. The van der Waals surface area contributed by atoms with E-state index in [-0.39, 0.29) is 0 Å². The molecule has 0 fully saturated rings. The van der Waals surface area contributed by atoms with Crippen molar-refractivity contribution in [3.05, 3.63) is 54.1 Å². The van der Waals surface area contributed by atoms with Crippen molar-refractivity contribution in [1.82, 2.24) is 0 Å². The Balaban J connectivity index is 1.77. The molecule has 3 nitrogen and oxygen atoms in total. The van der Waals surface area contributed by atoms with Gasteiger partial charge in [-0.15, -0.1) is 0 Å². The van der Waals surface area contributed by atoms with Crippen molar-refractivity contribution in [3.8, 4) is 5.75 Å². The second kappa shape index (κ2) is 7.58. The Bertz CT molecular complexity index is 552. The molecule has 0 saturated heterocycles. The maximum Gasteiger partial charge on any atom is 0.144 e. The van der Waals surface area contributed by atoms with Crippen LogP contribution in [-0.4, -0.2) is 20.7 Å². The fraction of sp³-hybridized carbons (Fsp3) is 0.333. The molecule has 0 atom stereocenters. The first-order valence-electron chi connectivity index (χ1n) is 7.40. The summed E-state index contributed by atoms with van der Waals surface area (Å²) in [5.74, 6) is 0.779. The van der Waals surface area contributed by atoms with Crippen LogP contribution in [0.5, 0.6) is 5.75 Å². The van der Waals surface area contributed by atoms with Crippen LogP contribution in [0.2, 0.25) is 0 Å². The second-order valence-corrected chi connectivity index (χ2v) is 5.41. The van der Waals surface area contributed by atoms with Gasteiger partial charge in [-0.2, -0.15) is 0 Å². The third-order valence-electron chi connectivity index (χ3n) is 3.47. The van der Waals surface area contributed by atoms with Gasteiger partial charge in [-0.25, -0.2) is 0 Å². The summed E-state index contributed by atoms with van der Waals surface area (Å²) >= 11 is 0. The molecule has 2 aromatic carbocycles. The van der Waals surface area contributed by atoms with Gasteiger partial charge in [0, 0.05) is 25.8 Å². The van der Waals surface area contributed by atoms with Crippen molar-refractivity contribution in [2.24, 2.45) is 0 Å². The molecular weight excluding hydrogens is 260 g/mol. The number of benzene rings is 2. The Morgan fingerprint density at radius 3 is 2.48 bits per heavy atom. The van der Waals surface area contributed by atoms with Crippen LogP contribution in [-0.2, 0) is 6.42 Å². The molecule has 112 valence electrons. The number of anilines is 2. The first-order chi connectivity index (χ1) is 10.2. The van der Waals surface area contributed by atoms with Crippen molar-refractivity contribution >= 4 is 11.4 Å². The van der Waals surface area contributed by atoms with Crippen molar-refractivity contribution in [2.45, 2.75) is 19.3 Å². The lowest BCUT2D eigenvalue weighted by Gasteiger charge is -2.15. The van der Waals surface area contributed by atoms with Gasteiger partial charge in [-0.3, -0.25) is 0 Å². The molecule has 0 heterocycles. The Labute approximate surface area is 127 Å². The normalized spacial score (nSPS) is 10.4. The molecule has 0 bridgehead atoms. The minimum Gasteiger partial charge on any atom is -0.491 e. The zero-order chi connectivity index (χ0) is 15.1. The SMILES string of the molecule is CN(C)c1ccc(N)c(OCCCCc2ccccc2)c1. The highest BCUT2D eigenvalue weighted by Crippen LogP contribution is 2.27. The predicted octanol–water partition coefficient (Wildman–Crippen LogP) is 3.74. The van der Waals surface area contributed by atoms with Gasteiger partial charge < -0.3 is 15.4 Å². The monoisotopic (exact) mass is 284 g/mol. The quantitative estimate of drug-likeness (QED) is 0.622. The highest BCUT2D eigenvalue weighted by atomic mass is 16.5. The number of unbranched alkanes of at least 4 members (excludes halogenated alkanes) is 1. The summed E-state index contributed by atoms with van der Waals surface area (Å²) in [5, 5.41) is 0. The van der Waals surface area contributed by atoms with Crippen LogP contribution in [0.25, 0.3) is 0 Å². The first-order valence-corrected chi connectivity index (χ1v) is 7.40. The van der Waals surface area contributed by atoms with Gasteiger partial charge >= 0.3 is 0 Å². The lowest BCUT2D eigenvalue weighted by molar-refractivity contribution is 0.308. The zero-order valence-electron chi connectivity index (χ0n) is 12.9. The van der Waals surface area contributed by atoms with E-state index in [1.54, 1.807) is 0 Å². The molecule has 0 aliphatic heterocycles. The van der Waals surface area contributed by atoms with E-state index in [1.165, 1.54) is 5.56 Å². The molecule has 0 unspecified atom stereocenters. The van der Waals surface area contributed by atoms with Crippen LogP contribution in [0.4, 0.5) is 11.4 Å². The number of rotatable bonds is 7. The smallest absolute Gasteiger partial charge is 0.144 e. The standard InChI is InChI=1S/C18H24N2O/c1-20(2)16-11-12-17(19)18(14-16)21-13-7-6-10-15-8-4-3-5-9-15/h3-5,8-9,11-12,14H,6-7,10,13,19H2,1-2H3. The molecule has 21 heavy (non-hydrogen) atoms. The van der Waals surface area contributed by atoms with E-state index in [2.05, 4.69) is 24.3 Å². The molecule has 2 aromatic rings. The lowest BCUT2D eigenvalue weighted by atomic mass is 10.1. The largest absolute Gasteiger partial charge is 0.491 e. The van der Waals surface area contributed by atoms with Crippen LogP contribution in [0.1, 0.15) is 18.4 Å². The van der Waals surface area contributed by atoms with Crippen LogP contribution in [0, 0.1) is 0 Å². The van der Waals surface area contributed by atoms with Crippen molar-refractivity contribution in [2.75, 3.05) is 31.3 Å². The zero-order valence-corrected chi connectivity index (χ0v) is 12.9. The van der Waals surface area contributed by atoms with Gasteiger partial charge in [0.05, 0.1) is 12.3 Å². The summed E-state index contributed by atoms with van der Waals surface area (Å²) in [7, 11) is 4.02. The fourth-order valence-electron chi connectivity index (χ4n) is 2.18. The number of aryl methyl sites for hydroxylation is 1. The second-order valence-electron chi connectivity index (χ2n) is 5.41. The maximum atomic E-state index is 5.95. The summed E-state index contributed by atoms with van der Waals surface area (Å²) in [6.45, 7) is 0.702. The van der Waals surface area contributed by atoms with Crippen LogP contribution >= 0.6 is 0 Å². The average molecular weight is 284 g/mol. The summed E-state index contributed by atoms with van der Waals surface area (Å²) < 4.78 is 5.81. The molecule has 0 radical (unpaired) electrons. The average Bonchev–Trinajstić information content (AvgIpc) is 2.49. The first kappa shape index (κ1) is 15.2. The molecule has 2 rings (SSSR count). The van der Waals surface area contributed by atoms with E-state index in [0.29, 0.717) is 12.3 Å². The van der Waals surface area contributed by atoms with Crippen molar-refractivity contribution in [3.63, 3.8) is 0 Å². The Kier molecular flexibility index (Phi) is 5.50. The van der Waals surface area contributed by atoms with Crippen LogP contribution < -0.4 is 15.4 Å². The molecule has 0 spiro atoms. The summed E-state index contributed by atoms with van der Waals surface area (Å²) in [6, 6.07) is 16.4. The number of nitrogens with two attached hydrogens (primary N) is 1. The summed E-state index contributed by atoms with van der Waals surface area (Å²) in [5.41, 5.74) is 9.13. The van der Waals surface area contributed by atoms with Gasteiger partial charge in [0.15, 0.2) is 0 Å². The van der Waals surface area contributed by atoms with Gasteiger partial charge in [-0.05, 0) is 37.0 Å². The number of nitrogen functional groups attached to an aromatic ring is 1. The van der Waals surface area contributed by atoms with Crippen molar-refractivity contribution in [1.29, 1.82) is 0 Å². The maximum absolute atomic E-state index is 5.95. The minimum absolute atomic E-state index is 0.698. The Hall–Kier alpha value is -2.16. The fourth-order valence-corrected chi connectivity index (χ4v) is 2.18. The van der Waals surface area contributed by atoms with E-state index in [4.69, 9.17) is 10.5 Å². The van der Waals surface area contributed by atoms with E-state index < -0.39 is 0 Å². The third kappa shape index (κ3) is 4.71. The Morgan fingerprint density at radius 1 is 1.00 bits per heavy atom. The van der Waals surface area contributed by atoms with Gasteiger partial charge in [-0.1, -0.05) is 30.3 Å². The van der Waals surface area contributed by atoms with Crippen molar-refractivity contribution < 1.29 is 4.74 Å².